The van der Waals surface area contributed by atoms with E-state index >= 15 is 0 Å². The van der Waals surface area contributed by atoms with Gasteiger partial charge in [-0.2, -0.15) is 0 Å². The summed E-state index contributed by atoms with van der Waals surface area (Å²) in [7, 11) is 1.71. The number of ether oxygens (including phenoxy) is 1. The summed E-state index contributed by atoms with van der Waals surface area (Å²) >= 11 is 0. The first-order valence-electron chi connectivity index (χ1n) is 6.04. The molecule has 0 aliphatic carbocycles. The van der Waals surface area contributed by atoms with E-state index in [1.54, 1.807) is 7.11 Å². The van der Waals surface area contributed by atoms with Crippen LogP contribution in [0.2, 0.25) is 0 Å². The Morgan fingerprint density at radius 1 is 0.944 bits per heavy atom. The van der Waals surface area contributed by atoms with Crippen LogP contribution < -0.4 is 4.74 Å². The number of aromatic nitrogens is 1. The highest BCUT2D eigenvalue weighted by atomic mass is 16.5. The summed E-state index contributed by atoms with van der Waals surface area (Å²) in [6.07, 6.45) is 0. The Morgan fingerprint density at radius 2 is 1.72 bits per heavy atom. The zero-order valence-corrected chi connectivity index (χ0v) is 10.8. The molecule has 90 valence electrons. The lowest BCUT2D eigenvalue weighted by molar-refractivity contribution is 0.412. The Labute approximate surface area is 106 Å². The molecule has 18 heavy (non-hydrogen) atoms. The average molecular weight is 237 g/mol. The Morgan fingerprint density at radius 3 is 2.50 bits per heavy atom. The molecule has 3 aromatic rings. The van der Waals surface area contributed by atoms with E-state index in [9.17, 15) is 0 Å². The molecule has 2 heteroatoms. The van der Waals surface area contributed by atoms with Gasteiger partial charge in [0.2, 0.25) is 0 Å². The fourth-order valence-corrected chi connectivity index (χ4v) is 2.45. The largest absolute Gasteiger partial charge is 0.496 e. The molecule has 0 bridgehead atoms. The molecule has 0 aliphatic rings. The highest BCUT2D eigenvalue weighted by molar-refractivity contribution is 5.97. The molecule has 0 saturated heterocycles. The molecular weight excluding hydrogens is 222 g/mol. The number of benzene rings is 2. The van der Waals surface area contributed by atoms with Gasteiger partial charge in [-0.25, -0.2) is 4.98 Å². The maximum Gasteiger partial charge on any atom is 0.122 e. The number of aryl methyl sites for hydroxylation is 2. The SMILES string of the molecule is COc1cc2c(C)c3ccccc3nc2cc1C. The fourth-order valence-electron chi connectivity index (χ4n) is 2.45. The van der Waals surface area contributed by atoms with E-state index in [1.165, 1.54) is 10.9 Å². The molecule has 3 rings (SSSR count). The smallest absolute Gasteiger partial charge is 0.122 e. The molecule has 2 nitrogen and oxygen atoms in total. The van der Waals surface area contributed by atoms with Gasteiger partial charge in [0, 0.05) is 10.8 Å². The van der Waals surface area contributed by atoms with E-state index in [2.05, 4.69) is 31.2 Å². The van der Waals surface area contributed by atoms with E-state index in [1.807, 2.05) is 19.1 Å². The third kappa shape index (κ3) is 1.53. The number of pyridine rings is 1. The summed E-state index contributed by atoms with van der Waals surface area (Å²) in [4.78, 5) is 4.72. The number of para-hydroxylation sites is 1. The molecule has 0 unspecified atom stereocenters. The normalized spacial score (nSPS) is 11.1. The number of hydrogen-bond donors (Lipinski definition) is 0. The molecule has 0 atom stereocenters. The maximum atomic E-state index is 5.39. The van der Waals surface area contributed by atoms with Crippen molar-refractivity contribution in [2.75, 3.05) is 7.11 Å². The zero-order valence-electron chi connectivity index (χ0n) is 10.8. The lowest BCUT2D eigenvalue weighted by atomic mass is 10.0. The second-order valence-corrected chi connectivity index (χ2v) is 4.59. The van der Waals surface area contributed by atoms with Gasteiger partial charge in [0.15, 0.2) is 0 Å². The Bertz CT molecular complexity index is 747. The van der Waals surface area contributed by atoms with Crippen LogP contribution >= 0.6 is 0 Å². The minimum atomic E-state index is 0.919. The van der Waals surface area contributed by atoms with E-state index in [-0.39, 0.29) is 0 Å². The Balaban J connectivity index is 2.48. The van der Waals surface area contributed by atoms with Crippen molar-refractivity contribution in [2.45, 2.75) is 13.8 Å². The highest BCUT2D eigenvalue weighted by Crippen LogP contribution is 2.30. The molecular formula is C16H15NO. The minimum absolute atomic E-state index is 0.919. The quantitative estimate of drug-likeness (QED) is 0.596. The van der Waals surface area contributed by atoms with Crippen LogP contribution in [-0.2, 0) is 0 Å². The predicted octanol–water partition coefficient (Wildman–Crippen LogP) is 4.01. The number of nitrogens with zero attached hydrogens (tertiary/aromatic N) is 1. The summed E-state index contributed by atoms with van der Waals surface area (Å²) < 4.78 is 5.39. The van der Waals surface area contributed by atoms with Crippen molar-refractivity contribution < 1.29 is 4.74 Å². The van der Waals surface area contributed by atoms with E-state index in [0.717, 1.165) is 27.7 Å². The van der Waals surface area contributed by atoms with Gasteiger partial charge in [0.05, 0.1) is 18.1 Å². The monoisotopic (exact) mass is 237 g/mol. The van der Waals surface area contributed by atoms with Crippen LogP contribution in [0.5, 0.6) is 5.75 Å². The first-order valence-corrected chi connectivity index (χ1v) is 6.04. The lowest BCUT2D eigenvalue weighted by Gasteiger charge is -2.10. The van der Waals surface area contributed by atoms with Gasteiger partial charge in [0.1, 0.15) is 5.75 Å². The number of hydrogen-bond acceptors (Lipinski definition) is 2. The molecule has 2 aromatic carbocycles. The first-order chi connectivity index (χ1) is 8.70. The van der Waals surface area contributed by atoms with Crippen LogP contribution in [-0.4, -0.2) is 12.1 Å². The molecule has 1 aromatic heterocycles. The van der Waals surface area contributed by atoms with Crippen molar-refractivity contribution in [1.82, 2.24) is 4.98 Å². The van der Waals surface area contributed by atoms with Gasteiger partial charge in [-0.15, -0.1) is 0 Å². The zero-order chi connectivity index (χ0) is 12.7. The average Bonchev–Trinajstić information content (AvgIpc) is 2.38. The summed E-state index contributed by atoms with van der Waals surface area (Å²) in [6, 6.07) is 12.4. The van der Waals surface area contributed by atoms with Crippen molar-refractivity contribution in [3.63, 3.8) is 0 Å². The number of rotatable bonds is 1. The van der Waals surface area contributed by atoms with Crippen molar-refractivity contribution in [3.05, 3.63) is 47.5 Å². The summed E-state index contributed by atoms with van der Waals surface area (Å²) in [5, 5.41) is 2.37. The third-order valence-corrected chi connectivity index (χ3v) is 3.47. The van der Waals surface area contributed by atoms with Crippen LogP contribution in [0, 0.1) is 13.8 Å². The van der Waals surface area contributed by atoms with E-state index < -0.39 is 0 Å². The topological polar surface area (TPSA) is 22.1 Å². The standard InChI is InChI=1S/C16H15NO/c1-10-8-15-13(9-16(10)18-3)11(2)12-6-4-5-7-14(12)17-15/h4-9H,1-3H3. The third-order valence-electron chi connectivity index (χ3n) is 3.47. The van der Waals surface area contributed by atoms with E-state index in [0.29, 0.717) is 0 Å². The first kappa shape index (κ1) is 11.0. The number of methoxy groups -OCH3 is 1. The summed E-state index contributed by atoms with van der Waals surface area (Å²) in [5.74, 6) is 0.919. The summed E-state index contributed by atoms with van der Waals surface area (Å²) in [5.41, 5.74) is 4.46. The Kier molecular flexibility index (Phi) is 2.44. The maximum absolute atomic E-state index is 5.39. The molecule has 0 aliphatic heterocycles. The molecule has 0 radical (unpaired) electrons. The van der Waals surface area contributed by atoms with Crippen LogP contribution in [0.15, 0.2) is 36.4 Å². The van der Waals surface area contributed by atoms with Gasteiger partial charge < -0.3 is 4.74 Å². The molecule has 1 heterocycles. The minimum Gasteiger partial charge on any atom is -0.496 e. The predicted molar refractivity (Wildman–Crippen MR) is 75.3 cm³/mol. The summed E-state index contributed by atoms with van der Waals surface area (Å²) in [6.45, 7) is 4.19. The van der Waals surface area contributed by atoms with Crippen molar-refractivity contribution >= 4 is 21.8 Å². The second kappa shape index (κ2) is 3.98. The second-order valence-electron chi connectivity index (χ2n) is 4.59. The molecule has 0 saturated carbocycles. The molecule has 0 fully saturated rings. The van der Waals surface area contributed by atoms with Gasteiger partial charge in [0.25, 0.3) is 0 Å². The van der Waals surface area contributed by atoms with Crippen molar-refractivity contribution in [3.8, 4) is 5.75 Å². The Hall–Kier alpha value is -2.09. The van der Waals surface area contributed by atoms with Gasteiger partial charge in [-0.3, -0.25) is 0 Å². The van der Waals surface area contributed by atoms with Gasteiger partial charge in [-0.05, 0) is 43.2 Å². The number of fused-ring (bicyclic) bond motifs is 2. The van der Waals surface area contributed by atoms with Crippen LogP contribution in [0.1, 0.15) is 11.1 Å². The van der Waals surface area contributed by atoms with Crippen LogP contribution in [0.3, 0.4) is 0 Å². The fraction of sp³-hybridized carbons (Fsp3) is 0.188. The highest BCUT2D eigenvalue weighted by Gasteiger charge is 2.08. The molecule has 0 spiro atoms. The van der Waals surface area contributed by atoms with Crippen molar-refractivity contribution in [2.24, 2.45) is 0 Å². The lowest BCUT2D eigenvalue weighted by Crippen LogP contribution is -1.92. The van der Waals surface area contributed by atoms with Crippen LogP contribution in [0.25, 0.3) is 21.8 Å². The molecule has 0 N–H and O–H groups in total. The van der Waals surface area contributed by atoms with Gasteiger partial charge >= 0.3 is 0 Å². The molecule has 0 amide bonds. The van der Waals surface area contributed by atoms with E-state index in [4.69, 9.17) is 9.72 Å². The van der Waals surface area contributed by atoms with Gasteiger partial charge in [-0.1, -0.05) is 18.2 Å². The van der Waals surface area contributed by atoms with Crippen molar-refractivity contribution in [1.29, 1.82) is 0 Å². The van der Waals surface area contributed by atoms with Crippen LogP contribution in [0.4, 0.5) is 0 Å².